The van der Waals surface area contributed by atoms with Crippen LogP contribution in [0.2, 0.25) is 0 Å². The van der Waals surface area contributed by atoms with Gasteiger partial charge in [-0.15, -0.1) is 23.7 Å². The van der Waals surface area contributed by atoms with Crippen LogP contribution in [0.15, 0.2) is 0 Å². The maximum atomic E-state index is 5.57. The van der Waals surface area contributed by atoms with Crippen LogP contribution in [0.4, 0.5) is 5.13 Å². The molecule has 0 aliphatic heterocycles. The zero-order valence-corrected chi connectivity index (χ0v) is 9.20. The van der Waals surface area contributed by atoms with E-state index in [1.807, 2.05) is 0 Å². The first-order chi connectivity index (χ1) is 5.18. The van der Waals surface area contributed by atoms with Gasteiger partial charge in [-0.25, -0.2) is 4.98 Å². The lowest BCUT2D eigenvalue weighted by atomic mass is 10.3. The molecule has 5 heteroatoms. The van der Waals surface area contributed by atoms with Gasteiger partial charge in [0.1, 0.15) is 4.83 Å². The Balaban J connectivity index is 0.000000720. The van der Waals surface area contributed by atoms with E-state index >= 15 is 0 Å². The molecule has 0 spiro atoms. The number of halogens is 1. The van der Waals surface area contributed by atoms with Crippen molar-refractivity contribution in [2.45, 2.75) is 13.8 Å². The third kappa shape index (κ3) is 1.30. The zero-order valence-electron chi connectivity index (χ0n) is 6.75. The lowest BCUT2D eigenvalue weighted by molar-refractivity contribution is 1.48. The number of nitrogens with two attached hydrogens (primary N) is 1. The van der Waals surface area contributed by atoms with Gasteiger partial charge in [-0.1, -0.05) is 11.3 Å². The SMILES string of the molecule is Cc1sc2nc(N)sc2c1C.Cl. The molecule has 0 amide bonds. The molecule has 0 saturated carbocycles. The molecule has 0 atom stereocenters. The van der Waals surface area contributed by atoms with E-state index < -0.39 is 0 Å². The minimum atomic E-state index is 0. The number of thiophene rings is 1. The predicted octanol–water partition coefficient (Wildman–Crippen LogP) is 2.98. The highest BCUT2D eigenvalue weighted by molar-refractivity contribution is 7.29. The standard InChI is InChI=1S/C7H8N2S2.ClH/c1-3-4(2)10-6-5(3)11-7(8)9-6;/h1-2H3,(H2,8,9);1H. The number of hydrogen-bond acceptors (Lipinski definition) is 4. The number of anilines is 1. The van der Waals surface area contributed by atoms with Gasteiger partial charge < -0.3 is 5.73 Å². The molecule has 0 radical (unpaired) electrons. The Morgan fingerprint density at radius 3 is 2.50 bits per heavy atom. The van der Waals surface area contributed by atoms with Gasteiger partial charge in [0, 0.05) is 4.88 Å². The summed E-state index contributed by atoms with van der Waals surface area (Å²) in [6, 6.07) is 0. The summed E-state index contributed by atoms with van der Waals surface area (Å²) in [5, 5.41) is 0.675. The van der Waals surface area contributed by atoms with E-state index in [1.54, 1.807) is 22.7 Å². The summed E-state index contributed by atoms with van der Waals surface area (Å²) < 4.78 is 1.25. The van der Waals surface area contributed by atoms with Crippen LogP contribution in [0, 0.1) is 13.8 Å². The van der Waals surface area contributed by atoms with Gasteiger partial charge in [-0.05, 0) is 19.4 Å². The minimum Gasteiger partial charge on any atom is -0.375 e. The molecule has 2 aromatic heterocycles. The predicted molar refractivity (Wildman–Crippen MR) is 58.6 cm³/mol. The molecule has 2 nitrogen and oxygen atoms in total. The number of nitrogens with zero attached hydrogens (tertiary/aromatic N) is 1. The van der Waals surface area contributed by atoms with E-state index in [0.29, 0.717) is 5.13 Å². The summed E-state index contributed by atoms with van der Waals surface area (Å²) in [5.74, 6) is 0. The Bertz CT molecular complexity index is 405. The van der Waals surface area contributed by atoms with E-state index in [4.69, 9.17) is 5.73 Å². The van der Waals surface area contributed by atoms with Crippen LogP contribution in [0.3, 0.4) is 0 Å². The van der Waals surface area contributed by atoms with Crippen molar-refractivity contribution in [3.05, 3.63) is 10.4 Å². The summed E-state index contributed by atoms with van der Waals surface area (Å²) in [4.78, 5) is 6.64. The fourth-order valence-corrected chi connectivity index (χ4v) is 3.10. The van der Waals surface area contributed by atoms with Gasteiger partial charge in [0.2, 0.25) is 0 Å². The third-order valence-electron chi connectivity index (χ3n) is 1.73. The molecule has 2 N–H and O–H groups in total. The molecular formula is C7H9ClN2S2. The van der Waals surface area contributed by atoms with E-state index in [-0.39, 0.29) is 12.4 Å². The van der Waals surface area contributed by atoms with Crippen molar-refractivity contribution in [3.8, 4) is 0 Å². The van der Waals surface area contributed by atoms with Crippen LogP contribution in [-0.4, -0.2) is 4.98 Å². The molecular weight excluding hydrogens is 212 g/mol. The highest BCUT2D eigenvalue weighted by atomic mass is 35.5. The van der Waals surface area contributed by atoms with Crippen molar-refractivity contribution >= 4 is 49.7 Å². The number of hydrogen-bond donors (Lipinski definition) is 1. The van der Waals surface area contributed by atoms with Gasteiger partial charge in [0.25, 0.3) is 0 Å². The third-order valence-corrected chi connectivity index (χ3v) is 3.97. The summed E-state index contributed by atoms with van der Waals surface area (Å²) >= 11 is 3.30. The van der Waals surface area contributed by atoms with Crippen LogP contribution in [0.25, 0.3) is 9.53 Å². The second-order valence-corrected chi connectivity index (χ2v) is 4.70. The fourth-order valence-electron chi connectivity index (χ4n) is 1.01. The van der Waals surface area contributed by atoms with Gasteiger partial charge in [0.15, 0.2) is 5.13 Å². The molecule has 12 heavy (non-hydrogen) atoms. The first-order valence-electron chi connectivity index (χ1n) is 3.30. The summed E-state index contributed by atoms with van der Waals surface area (Å²) in [6.07, 6.45) is 0. The number of fused-ring (bicyclic) bond motifs is 1. The van der Waals surface area contributed by atoms with Crippen LogP contribution in [0.5, 0.6) is 0 Å². The second kappa shape index (κ2) is 3.20. The van der Waals surface area contributed by atoms with Crippen LogP contribution < -0.4 is 5.73 Å². The molecule has 0 bridgehead atoms. The number of nitrogen functional groups attached to an aromatic ring is 1. The highest BCUT2D eigenvalue weighted by Gasteiger charge is 2.08. The van der Waals surface area contributed by atoms with Crippen LogP contribution in [0.1, 0.15) is 10.4 Å². The monoisotopic (exact) mass is 220 g/mol. The molecule has 0 unspecified atom stereocenters. The fraction of sp³-hybridized carbons (Fsp3) is 0.286. The van der Waals surface area contributed by atoms with E-state index in [0.717, 1.165) is 4.83 Å². The lowest BCUT2D eigenvalue weighted by Crippen LogP contribution is -1.78. The Hall–Kier alpha value is -0.320. The molecule has 66 valence electrons. The van der Waals surface area contributed by atoms with Crippen LogP contribution in [-0.2, 0) is 0 Å². The average Bonchev–Trinajstić information content (AvgIpc) is 2.37. The molecule has 2 heterocycles. The molecule has 0 aromatic carbocycles. The first-order valence-corrected chi connectivity index (χ1v) is 4.94. The maximum Gasteiger partial charge on any atom is 0.181 e. The van der Waals surface area contributed by atoms with Gasteiger partial charge in [-0.2, -0.15) is 0 Å². The minimum absolute atomic E-state index is 0. The molecule has 2 aromatic rings. The number of aryl methyl sites for hydroxylation is 2. The van der Waals surface area contributed by atoms with Crippen molar-refractivity contribution in [2.75, 3.05) is 5.73 Å². The van der Waals surface area contributed by atoms with Gasteiger partial charge in [0.05, 0.1) is 4.70 Å². The van der Waals surface area contributed by atoms with Crippen molar-refractivity contribution in [1.29, 1.82) is 0 Å². The zero-order chi connectivity index (χ0) is 8.01. The smallest absolute Gasteiger partial charge is 0.181 e. The Kier molecular flexibility index (Phi) is 2.61. The van der Waals surface area contributed by atoms with E-state index in [1.165, 1.54) is 15.1 Å². The normalized spacial score (nSPS) is 10.2. The van der Waals surface area contributed by atoms with E-state index in [2.05, 4.69) is 18.8 Å². The number of aromatic nitrogens is 1. The lowest BCUT2D eigenvalue weighted by Gasteiger charge is -1.84. The summed E-state index contributed by atoms with van der Waals surface area (Å²) in [5.41, 5.74) is 6.90. The molecule has 0 fully saturated rings. The number of thiazole rings is 1. The molecule has 2 rings (SSSR count). The summed E-state index contributed by atoms with van der Waals surface area (Å²) in [6.45, 7) is 4.23. The topological polar surface area (TPSA) is 38.9 Å². The largest absolute Gasteiger partial charge is 0.375 e. The average molecular weight is 221 g/mol. The Labute approximate surface area is 84.8 Å². The van der Waals surface area contributed by atoms with E-state index in [9.17, 15) is 0 Å². The Morgan fingerprint density at radius 2 is 1.92 bits per heavy atom. The Morgan fingerprint density at radius 1 is 1.25 bits per heavy atom. The van der Waals surface area contributed by atoms with Crippen molar-refractivity contribution in [1.82, 2.24) is 4.98 Å². The first kappa shape index (κ1) is 9.77. The van der Waals surface area contributed by atoms with Gasteiger partial charge in [-0.3, -0.25) is 0 Å². The van der Waals surface area contributed by atoms with Crippen molar-refractivity contribution in [2.24, 2.45) is 0 Å². The number of rotatable bonds is 0. The molecule has 0 aliphatic rings. The molecule has 0 aliphatic carbocycles. The van der Waals surface area contributed by atoms with Gasteiger partial charge >= 0.3 is 0 Å². The quantitative estimate of drug-likeness (QED) is 0.742. The summed E-state index contributed by atoms with van der Waals surface area (Å²) in [7, 11) is 0. The maximum absolute atomic E-state index is 5.57. The molecule has 0 saturated heterocycles. The van der Waals surface area contributed by atoms with Crippen molar-refractivity contribution < 1.29 is 0 Å². The van der Waals surface area contributed by atoms with Crippen LogP contribution >= 0.6 is 35.1 Å². The van der Waals surface area contributed by atoms with Crippen molar-refractivity contribution in [3.63, 3.8) is 0 Å². The second-order valence-electron chi connectivity index (χ2n) is 2.47. The highest BCUT2D eigenvalue weighted by Crippen LogP contribution is 2.34.